The maximum Gasteiger partial charge on any atom is 0.248 e. The van der Waals surface area contributed by atoms with Crippen molar-refractivity contribution in [2.75, 3.05) is 26.6 Å². The van der Waals surface area contributed by atoms with Gasteiger partial charge >= 0.3 is 0 Å². The van der Waals surface area contributed by atoms with Crippen LogP contribution >= 0.6 is 23.2 Å². The van der Waals surface area contributed by atoms with Gasteiger partial charge in [-0.15, -0.1) is 0 Å². The van der Waals surface area contributed by atoms with Gasteiger partial charge in [-0.05, 0) is 43.7 Å². The number of carbonyl (C=O) groups is 1. The maximum atomic E-state index is 12.4. The number of methoxy groups -OCH3 is 3. The summed E-state index contributed by atoms with van der Waals surface area (Å²) in [4.78, 5) is 12.4. The summed E-state index contributed by atoms with van der Waals surface area (Å²) in [5.74, 6) is 1.44. The van der Waals surface area contributed by atoms with Crippen molar-refractivity contribution < 1.29 is 23.7 Å². The molecule has 0 unspecified atom stereocenters. The summed E-state index contributed by atoms with van der Waals surface area (Å²) in [6.07, 6.45) is 2.92. The van der Waals surface area contributed by atoms with Gasteiger partial charge in [0.25, 0.3) is 0 Å². The number of hydrogen-bond acceptors (Lipinski definition) is 5. The van der Waals surface area contributed by atoms with Crippen molar-refractivity contribution in [3.63, 3.8) is 0 Å². The lowest BCUT2D eigenvalue weighted by atomic mass is 10.1. The Kier molecular flexibility index (Phi) is 8.05. The molecule has 2 aromatic carbocycles. The molecule has 0 aliphatic carbocycles. The summed E-state index contributed by atoms with van der Waals surface area (Å²) in [5.41, 5.74) is 1.10. The van der Waals surface area contributed by atoms with Crippen LogP contribution in [-0.2, 0) is 4.79 Å². The van der Waals surface area contributed by atoms with Crippen LogP contribution in [0.1, 0.15) is 19.4 Å². The van der Waals surface area contributed by atoms with Crippen LogP contribution in [0.4, 0.5) is 5.69 Å². The van der Waals surface area contributed by atoms with Crippen molar-refractivity contribution >= 4 is 40.9 Å². The molecule has 2 aromatic rings. The number of hydrogen-bond donors (Lipinski definition) is 1. The number of carbonyl (C=O) groups excluding carboxylic acids is 1. The van der Waals surface area contributed by atoms with E-state index in [4.69, 9.17) is 42.1 Å². The highest BCUT2D eigenvalue weighted by Crippen LogP contribution is 2.38. The van der Waals surface area contributed by atoms with Gasteiger partial charge in [-0.2, -0.15) is 0 Å². The second-order valence-electron chi connectivity index (χ2n) is 6.21. The third-order valence-corrected chi connectivity index (χ3v) is 4.34. The van der Waals surface area contributed by atoms with Crippen LogP contribution < -0.4 is 24.3 Å². The Balaban J connectivity index is 2.21. The first-order valence-electron chi connectivity index (χ1n) is 8.73. The fourth-order valence-corrected chi connectivity index (χ4v) is 2.99. The van der Waals surface area contributed by atoms with Crippen LogP contribution in [0.25, 0.3) is 6.08 Å². The van der Waals surface area contributed by atoms with Crippen molar-refractivity contribution in [2.45, 2.75) is 20.0 Å². The maximum absolute atomic E-state index is 12.4. The van der Waals surface area contributed by atoms with Crippen molar-refractivity contribution in [1.29, 1.82) is 0 Å². The molecule has 0 atom stereocenters. The Morgan fingerprint density at radius 2 is 1.59 bits per heavy atom. The molecule has 0 aliphatic heterocycles. The van der Waals surface area contributed by atoms with E-state index in [-0.39, 0.29) is 12.0 Å². The average molecular weight is 440 g/mol. The lowest BCUT2D eigenvalue weighted by molar-refractivity contribution is -0.111. The number of nitrogens with one attached hydrogen (secondary N) is 1. The van der Waals surface area contributed by atoms with Gasteiger partial charge in [0, 0.05) is 12.1 Å². The van der Waals surface area contributed by atoms with E-state index in [0.29, 0.717) is 44.3 Å². The molecule has 0 spiro atoms. The van der Waals surface area contributed by atoms with Crippen LogP contribution in [-0.4, -0.2) is 33.3 Å². The highest BCUT2D eigenvalue weighted by Gasteiger charge is 2.14. The Bertz CT molecular complexity index is 912. The zero-order chi connectivity index (χ0) is 21.6. The van der Waals surface area contributed by atoms with Crippen molar-refractivity contribution in [3.8, 4) is 23.0 Å². The summed E-state index contributed by atoms with van der Waals surface area (Å²) in [7, 11) is 4.51. The van der Waals surface area contributed by atoms with E-state index < -0.39 is 0 Å². The number of rotatable bonds is 8. The molecule has 0 aromatic heterocycles. The van der Waals surface area contributed by atoms with Crippen LogP contribution in [0.15, 0.2) is 30.3 Å². The lowest BCUT2D eigenvalue weighted by Gasteiger charge is -2.15. The second-order valence-corrected chi connectivity index (χ2v) is 7.02. The molecule has 0 saturated carbocycles. The minimum atomic E-state index is -0.373. The molecular weight excluding hydrogens is 417 g/mol. The molecule has 0 fully saturated rings. The number of ether oxygens (including phenoxy) is 4. The molecule has 6 nitrogen and oxygen atoms in total. The van der Waals surface area contributed by atoms with E-state index in [1.54, 1.807) is 30.3 Å². The predicted molar refractivity (Wildman–Crippen MR) is 116 cm³/mol. The average Bonchev–Trinajstić information content (AvgIpc) is 2.68. The molecule has 29 heavy (non-hydrogen) atoms. The van der Waals surface area contributed by atoms with Crippen molar-refractivity contribution in [3.05, 3.63) is 46.0 Å². The van der Waals surface area contributed by atoms with Gasteiger partial charge in [-0.1, -0.05) is 23.2 Å². The molecule has 2 rings (SSSR count). The molecule has 1 N–H and O–H groups in total. The van der Waals surface area contributed by atoms with Gasteiger partial charge in [0.2, 0.25) is 5.91 Å². The third-order valence-electron chi connectivity index (χ3n) is 3.76. The Hall–Kier alpha value is -2.57. The number of halogens is 2. The molecule has 8 heteroatoms. The monoisotopic (exact) mass is 439 g/mol. The first-order valence-corrected chi connectivity index (χ1v) is 9.49. The zero-order valence-corrected chi connectivity index (χ0v) is 18.4. The topological polar surface area (TPSA) is 66.0 Å². The number of benzene rings is 2. The van der Waals surface area contributed by atoms with Crippen LogP contribution in [0.3, 0.4) is 0 Å². The SMILES string of the molecule is COc1cc(OC)c(NC(=O)/C=C/c2cc(Cl)c(OC(C)C)c(OC)c2)cc1Cl. The summed E-state index contributed by atoms with van der Waals surface area (Å²) >= 11 is 12.4. The minimum Gasteiger partial charge on any atom is -0.495 e. The first kappa shape index (κ1) is 22.7. The van der Waals surface area contributed by atoms with Gasteiger partial charge in [0.15, 0.2) is 11.5 Å². The number of anilines is 1. The molecule has 0 aliphatic rings. The Labute approximate surface area is 180 Å². The fraction of sp³-hybridized carbons (Fsp3) is 0.286. The standard InChI is InChI=1S/C21H23Cl2NO5/c1-12(2)29-21-15(23)8-13(9-19(21)28-5)6-7-20(25)24-16-10-14(22)17(26-3)11-18(16)27-4/h6-12H,1-5H3,(H,24,25)/b7-6+. The van der Waals surface area contributed by atoms with E-state index in [9.17, 15) is 4.79 Å². The molecule has 1 amide bonds. The van der Waals surface area contributed by atoms with Gasteiger partial charge in [-0.3, -0.25) is 4.79 Å². The second kappa shape index (κ2) is 10.3. The normalized spacial score (nSPS) is 10.9. The van der Waals surface area contributed by atoms with Crippen LogP contribution in [0.5, 0.6) is 23.0 Å². The van der Waals surface area contributed by atoms with Crippen LogP contribution in [0, 0.1) is 0 Å². The summed E-state index contributed by atoms with van der Waals surface area (Å²) in [6, 6.07) is 6.58. The fourth-order valence-electron chi connectivity index (χ4n) is 2.49. The largest absolute Gasteiger partial charge is 0.495 e. The van der Waals surface area contributed by atoms with E-state index in [1.807, 2.05) is 13.8 Å². The highest BCUT2D eigenvalue weighted by atomic mass is 35.5. The summed E-state index contributed by atoms with van der Waals surface area (Å²) in [5, 5.41) is 3.47. The molecule has 0 heterocycles. The summed E-state index contributed by atoms with van der Waals surface area (Å²) in [6.45, 7) is 3.79. The molecule has 0 bridgehead atoms. The summed E-state index contributed by atoms with van der Waals surface area (Å²) < 4.78 is 21.5. The molecule has 0 radical (unpaired) electrons. The van der Waals surface area contributed by atoms with Gasteiger partial charge in [0.1, 0.15) is 11.5 Å². The first-order chi connectivity index (χ1) is 13.8. The van der Waals surface area contributed by atoms with Gasteiger partial charge < -0.3 is 24.3 Å². The van der Waals surface area contributed by atoms with E-state index in [2.05, 4.69) is 5.32 Å². The van der Waals surface area contributed by atoms with E-state index in [1.165, 1.54) is 27.4 Å². The van der Waals surface area contributed by atoms with Gasteiger partial charge in [-0.25, -0.2) is 0 Å². The quantitative estimate of drug-likeness (QED) is 0.553. The van der Waals surface area contributed by atoms with E-state index in [0.717, 1.165) is 0 Å². The van der Waals surface area contributed by atoms with E-state index >= 15 is 0 Å². The lowest BCUT2D eigenvalue weighted by Crippen LogP contribution is -2.09. The van der Waals surface area contributed by atoms with Crippen molar-refractivity contribution in [1.82, 2.24) is 0 Å². The molecular formula is C21H23Cl2NO5. The van der Waals surface area contributed by atoms with Crippen LogP contribution in [0.2, 0.25) is 10.0 Å². The highest BCUT2D eigenvalue weighted by molar-refractivity contribution is 6.33. The third kappa shape index (κ3) is 5.95. The Morgan fingerprint density at radius 1 is 0.931 bits per heavy atom. The molecule has 156 valence electrons. The minimum absolute atomic E-state index is 0.0557. The molecule has 0 saturated heterocycles. The zero-order valence-electron chi connectivity index (χ0n) is 16.8. The number of amides is 1. The van der Waals surface area contributed by atoms with Gasteiger partial charge in [0.05, 0.1) is 43.2 Å². The van der Waals surface area contributed by atoms with Crippen molar-refractivity contribution in [2.24, 2.45) is 0 Å². The smallest absolute Gasteiger partial charge is 0.248 e. The predicted octanol–water partition coefficient (Wildman–Crippen LogP) is 5.46. The Morgan fingerprint density at radius 3 is 2.17 bits per heavy atom.